The third kappa shape index (κ3) is 3.99. The van der Waals surface area contributed by atoms with Crippen LogP contribution < -0.4 is 0 Å². The third-order valence-electron chi connectivity index (χ3n) is 4.69. The van der Waals surface area contributed by atoms with Crippen molar-refractivity contribution in [1.29, 1.82) is 0 Å². The number of hydrogen-bond acceptors (Lipinski definition) is 5. The first-order valence-electron chi connectivity index (χ1n) is 8.74. The van der Waals surface area contributed by atoms with Gasteiger partial charge in [-0.1, -0.05) is 30.7 Å². The number of thioether (sulfide) groups is 1. The molecule has 0 aliphatic carbocycles. The predicted molar refractivity (Wildman–Crippen MR) is 109 cm³/mol. The summed E-state index contributed by atoms with van der Waals surface area (Å²) >= 11 is 3.48. The van der Waals surface area contributed by atoms with Crippen molar-refractivity contribution in [2.24, 2.45) is 5.92 Å². The fourth-order valence-electron chi connectivity index (χ4n) is 3.45. The van der Waals surface area contributed by atoms with Gasteiger partial charge in [-0.15, -0.1) is 23.1 Å². The van der Waals surface area contributed by atoms with Gasteiger partial charge in [-0.25, -0.2) is 4.79 Å². The van der Waals surface area contributed by atoms with Crippen LogP contribution in [0.25, 0.3) is 5.57 Å². The highest BCUT2D eigenvalue weighted by Gasteiger charge is 2.34. The number of aryl methyl sites for hydroxylation is 3. The predicted octanol–water partition coefficient (Wildman–Crippen LogP) is 5.69. The number of carbonyl (C=O) groups excluding carboxylic acids is 1. The van der Waals surface area contributed by atoms with E-state index in [-0.39, 0.29) is 17.8 Å². The SMILES string of the molecule is Cc1cc(C)c(C2=C(O)CC(C(C)CSc3cccs3)OC2=O)c(C)c1. The smallest absolute Gasteiger partial charge is 0.342 e. The molecule has 5 heteroatoms. The normalized spacial score (nSPS) is 18.8. The van der Waals surface area contributed by atoms with Crippen molar-refractivity contribution in [3.63, 3.8) is 0 Å². The number of aliphatic hydroxyl groups is 1. The molecule has 26 heavy (non-hydrogen) atoms. The molecule has 0 bridgehead atoms. The number of esters is 1. The average Bonchev–Trinajstić information content (AvgIpc) is 3.07. The summed E-state index contributed by atoms with van der Waals surface area (Å²) in [5.41, 5.74) is 4.25. The zero-order chi connectivity index (χ0) is 18.8. The maximum Gasteiger partial charge on any atom is 0.342 e. The van der Waals surface area contributed by atoms with E-state index in [0.29, 0.717) is 12.0 Å². The van der Waals surface area contributed by atoms with Gasteiger partial charge in [0.15, 0.2) is 0 Å². The molecular formula is C21H24O3S2. The summed E-state index contributed by atoms with van der Waals surface area (Å²) < 4.78 is 6.98. The molecule has 1 aliphatic heterocycles. The van der Waals surface area contributed by atoms with Crippen molar-refractivity contribution in [3.8, 4) is 0 Å². The van der Waals surface area contributed by atoms with Crippen molar-refractivity contribution in [2.45, 2.75) is 44.4 Å². The molecule has 2 atom stereocenters. The molecule has 3 nitrogen and oxygen atoms in total. The Labute approximate surface area is 163 Å². The minimum Gasteiger partial charge on any atom is -0.511 e. The summed E-state index contributed by atoms with van der Waals surface area (Å²) in [6, 6.07) is 8.18. The third-order valence-corrected chi connectivity index (χ3v) is 7.11. The van der Waals surface area contributed by atoms with Crippen molar-refractivity contribution in [3.05, 3.63) is 57.7 Å². The van der Waals surface area contributed by atoms with Crippen LogP contribution in [0.15, 0.2) is 39.6 Å². The van der Waals surface area contributed by atoms with E-state index in [1.54, 1.807) is 23.1 Å². The second-order valence-corrected chi connectivity index (χ2v) is 9.23. The summed E-state index contributed by atoms with van der Waals surface area (Å²) in [4.78, 5) is 12.7. The van der Waals surface area contributed by atoms with Crippen LogP contribution in [-0.4, -0.2) is 22.9 Å². The Bertz CT molecular complexity index is 814. The van der Waals surface area contributed by atoms with Gasteiger partial charge in [-0.2, -0.15) is 0 Å². The molecule has 0 fully saturated rings. The van der Waals surface area contributed by atoms with Gasteiger partial charge in [0.25, 0.3) is 0 Å². The van der Waals surface area contributed by atoms with Crippen LogP contribution in [0.1, 0.15) is 35.6 Å². The molecule has 0 saturated heterocycles. The molecule has 2 aromatic rings. The fraction of sp³-hybridized carbons (Fsp3) is 0.381. The molecule has 1 aliphatic rings. The van der Waals surface area contributed by atoms with Gasteiger partial charge in [0.05, 0.1) is 4.21 Å². The van der Waals surface area contributed by atoms with E-state index in [2.05, 4.69) is 18.4 Å². The number of benzene rings is 1. The second-order valence-electron chi connectivity index (χ2n) is 6.96. The van der Waals surface area contributed by atoms with Crippen LogP contribution in [0.4, 0.5) is 0 Å². The topological polar surface area (TPSA) is 46.5 Å². The van der Waals surface area contributed by atoms with E-state index in [9.17, 15) is 9.90 Å². The summed E-state index contributed by atoms with van der Waals surface area (Å²) in [5.74, 6) is 0.745. The van der Waals surface area contributed by atoms with E-state index >= 15 is 0 Å². The van der Waals surface area contributed by atoms with Gasteiger partial charge < -0.3 is 9.84 Å². The van der Waals surface area contributed by atoms with Gasteiger partial charge in [0.2, 0.25) is 0 Å². The van der Waals surface area contributed by atoms with E-state index in [4.69, 9.17) is 4.74 Å². The number of carbonyl (C=O) groups is 1. The molecule has 2 heterocycles. The van der Waals surface area contributed by atoms with Crippen molar-refractivity contribution >= 4 is 34.6 Å². The largest absolute Gasteiger partial charge is 0.511 e. The van der Waals surface area contributed by atoms with Crippen LogP contribution in [0.5, 0.6) is 0 Å². The number of cyclic esters (lactones) is 1. The van der Waals surface area contributed by atoms with Gasteiger partial charge in [0.1, 0.15) is 17.4 Å². The molecule has 1 aromatic carbocycles. The quantitative estimate of drug-likeness (QED) is 0.528. The lowest BCUT2D eigenvalue weighted by Crippen LogP contribution is -2.32. The van der Waals surface area contributed by atoms with E-state index in [0.717, 1.165) is 28.0 Å². The minimum absolute atomic E-state index is 0.147. The Kier molecular flexibility index (Phi) is 5.78. The van der Waals surface area contributed by atoms with Gasteiger partial charge in [-0.05, 0) is 48.9 Å². The molecule has 0 spiro atoms. The standard InChI is InChI=1S/C21H24O3S2/c1-12-8-13(2)19(14(3)9-12)20-16(22)10-17(24-21(20)23)15(4)11-26-18-6-5-7-25-18/h5-9,15,17,22H,10-11H2,1-4H3. The molecular weight excluding hydrogens is 364 g/mol. The van der Waals surface area contributed by atoms with Crippen molar-refractivity contribution in [2.75, 3.05) is 5.75 Å². The molecule has 138 valence electrons. The van der Waals surface area contributed by atoms with Crippen LogP contribution in [-0.2, 0) is 9.53 Å². The van der Waals surface area contributed by atoms with Crippen molar-refractivity contribution in [1.82, 2.24) is 0 Å². The summed E-state index contributed by atoms with van der Waals surface area (Å²) in [5, 5.41) is 12.7. The lowest BCUT2D eigenvalue weighted by molar-refractivity contribution is -0.145. The number of thiophene rings is 1. The Morgan fingerprint density at radius 2 is 2.00 bits per heavy atom. The van der Waals surface area contributed by atoms with E-state index in [1.807, 2.05) is 39.0 Å². The minimum atomic E-state index is -0.415. The summed E-state index contributed by atoms with van der Waals surface area (Å²) in [7, 11) is 0. The van der Waals surface area contributed by atoms with Crippen LogP contribution in [0, 0.1) is 26.7 Å². The Balaban J connectivity index is 1.79. The Morgan fingerprint density at radius 3 is 2.58 bits per heavy atom. The Morgan fingerprint density at radius 1 is 1.31 bits per heavy atom. The van der Waals surface area contributed by atoms with Crippen LogP contribution in [0.2, 0.25) is 0 Å². The molecule has 1 aromatic heterocycles. The molecule has 0 radical (unpaired) electrons. The first-order chi connectivity index (χ1) is 12.4. The van der Waals surface area contributed by atoms with Gasteiger partial charge in [0, 0.05) is 18.1 Å². The van der Waals surface area contributed by atoms with Gasteiger partial charge in [-0.3, -0.25) is 0 Å². The first kappa shape index (κ1) is 19.1. The number of hydrogen-bond donors (Lipinski definition) is 1. The molecule has 1 N–H and O–H groups in total. The van der Waals surface area contributed by atoms with Crippen LogP contribution in [0.3, 0.4) is 0 Å². The highest BCUT2D eigenvalue weighted by atomic mass is 32.2. The monoisotopic (exact) mass is 388 g/mol. The number of rotatable bonds is 5. The number of aliphatic hydroxyl groups excluding tert-OH is 1. The number of ether oxygens (including phenoxy) is 1. The first-order valence-corrected chi connectivity index (χ1v) is 10.6. The highest BCUT2D eigenvalue weighted by molar-refractivity contribution is 8.01. The summed E-state index contributed by atoms with van der Waals surface area (Å²) in [6.45, 7) is 8.03. The summed E-state index contributed by atoms with van der Waals surface area (Å²) in [6.07, 6.45) is 0.0877. The molecule has 0 amide bonds. The highest BCUT2D eigenvalue weighted by Crippen LogP contribution is 2.36. The maximum absolute atomic E-state index is 12.7. The lowest BCUT2D eigenvalue weighted by Gasteiger charge is -2.29. The lowest BCUT2D eigenvalue weighted by atomic mass is 9.89. The molecule has 0 saturated carbocycles. The maximum atomic E-state index is 12.7. The average molecular weight is 389 g/mol. The Hall–Kier alpha value is -1.72. The fourth-order valence-corrected chi connectivity index (χ4v) is 5.36. The zero-order valence-electron chi connectivity index (χ0n) is 15.5. The zero-order valence-corrected chi connectivity index (χ0v) is 17.2. The molecule has 2 unspecified atom stereocenters. The van der Waals surface area contributed by atoms with E-state index < -0.39 is 5.97 Å². The second kappa shape index (κ2) is 7.89. The van der Waals surface area contributed by atoms with E-state index in [1.165, 1.54) is 4.21 Å². The van der Waals surface area contributed by atoms with Crippen molar-refractivity contribution < 1.29 is 14.6 Å². The van der Waals surface area contributed by atoms with Gasteiger partial charge >= 0.3 is 5.97 Å². The van der Waals surface area contributed by atoms with Crippen LogP contribution >= 0.6 is 23.1 Å². The molecule has 3 rings (SSSR count).